The highest BCUT2D eigenvalue weighted by Gasteiger charge is 2.15. The molecule has 0 spiro atoms. The smallest absolute Gasteiger partial charge is 0.287 e. The van der Waals surface area contributed by atoms with E-state index in [4.69, 9.17) is 9.84 Å². The second-order valence-corrected chi connectivity index (χ2v) is 4.03. The number of nitro groups is 1. The zero-order valence-corrected chi connectivity index (χ0v) is 10.7. The minimum Gasteiger partial charge on any atom is -0.508 e. The van der Waals surface area contributed by atoms with Crippen LogP contribution in [0.1, 0.15) is 0 Å². The van der Waals surface area contributed by atoms with Gasteiger partial charge in [-0.2, -0.15) is 5.10 Å². The highest BCUT2D eigenvalue weighted by atomic mass is 16.6. The van der Waals surface area contributed by atoms with Crippen LogP contribution in [0, 0.1) is 16.0 Å². The number of hydrazone groups is 1. The number of hydrogen-bond donors (Lipinski definition) is 3. The summed E-state index contributed by atoms with van der Waals surface area (Å²) in [5, 5.41) is 32.9. The molecule has 0 saturated heterocycles. The molecule has 1 aromatic heterocycles. The van der Waals surface area contributed by atoms with Crippen molar-refractivity contribution in [1.29, 1.82) is 0 Å². The molecular weight excluding hydrogens is 280 g/mol. The summed E-state index contributed by atoms with van der Waals surface area (Å²) in [5.41, 5.74) is 2.46. The lowest BCUT2D eigenvalue weighted by atomic mass is 10.1. The van der Waals surface area contributed by atoms with Crippen molar-refractivity contribution in [1.82, 2.24) is 4.98 Å². The summed E-state index contributed by atoms with van der Waals surface area (Å²) >= 11 is 0. The quantitative estimate of drug-likeness (QED) is 0.423. The van der Waals surface area contributed by atoms with E-state index >= 15 is 0 Å². The van der Waals surface area contributed by atoms with E-state index in [-0.39, 0.29) is 18.1 Å². The average molecular weight is 292 g/mol. The monoisotopic (exact) mass is 292 g/mol. The van der Waals surface area contributed by atoms with E-state index in [0.29, 0.717) is 11.6 Å². The Hall–Kier alpha value is -2.94. The number of allylic oxidation sites excluding steroid dienone is 1. The van der Waals surface area contributed by atoms with Gasteiger partial charge in [0.1, 0.15) is 36.4 Å². The van der Waals surface area contributed by atoms with Crippen LogP contribution >= 0.6 is 0 Å². The van der Waals surface area contributed by atoms with Crippen LogP contribution in [0.25, 0.3) is 0 Å². The van der Waals surface area contributed by atoms with Crippen molar-refractivity contribution in [2.45, 2.75) is 0 Å². The molecule has 1 aliphatic rings. The molecular formula is C12H12N4O5. The fourth-order valence-corrected chi connectivity index (χ4v) is 1.49. The van der Waals surface area contributed by atoms with E-state index in [9.17, 15) is 15.2 Å². The Morgan fingerprint density at radius 3 is 3.00 bits per heavy atom. The van der Waals surface area contributed by atoms with Crippen molar-refractivity contribution in [2.75, 3.05) is 12.0 Å². The summed E-state index contributed by atoms with van der Waals surface area (Å²) in [5.74, 6) is 0.0253. The number of aliphatic hydroxyl groups excluding tert-OH is 2. The molecule has 2 heterocycles. The molecule has 110 valence electrons. The number of pyridine rings is 1. The predicted octanol–water partition coefficient (Wildman–Crippen LogP) is 1.31. The summed E-state index contributed by atoms with van der Waals surface area (Å²) in [6, 6.07) is 2.70. The van der Waals surface area contributed by atoms with Crippen LogP contribution < -0.4 is 5.43 Å². The van der Waals surface area contributed by atoms with E-state index in [0.717, 1.165) is 12.5 Å². The van der Waals surface area contributed by atoms with Crippen LogP contribution in [-0.4, -0.2) is 32.9 Å². The predicted molar refractivity (Wildman–Crippen MR) is 73.5 cm³/mol. The Morgan fingerprint density at radius 2 is 2.38 bits per heavy atom. The van der Waals surface area contributed by atoms with E-state index in [1.54, 1.807) is 0 Å². The van der Waals surface area contributed by atoms with Gasteiger partial charge in [0.05, 0.1) is 10.8 Å². The standard InChI is InChI=1S/C12H12N4O5/c17-6-10-3-8(11(18)7-21-10)4-14-15-12-2-1-9(5-13-12)16(19)20/h1-5,7-8,17-18H,6H2,(H,13,15)/b14-4+. The first-order chi connectivity index (χ1) is 10.1. The van der Waals surface area contributed by atoms with Crippen molar-refractivity contribution in [3.63, 3.8) is 0 Å². The summed E-state index contributed by atoms with van der Waals surface area (Å²) in [6.07, 6.45) is 5.11. The van der Waals surface area contributed by atoms with Gasteiger partial charge < -0.3 is 14.9 Å². The number of nitrogens with one attached hydrogen (secondary N) is 1. The number of aromatic nitrogens is 1. The van der Waals surface area contributed by atoms with Gasteiger partial charge in [0.2, 0.25) is 0 Å². The number of ether oxygens (including phenoxy) is 1. The first-order valence-corrected chi connectivity index (χ1v) is 5.87. The van der Waals surface area contributed by atoms with Crippen molar-refractivity contribution < 1.29 is 19.9 Å². The fraction of sp³-hybridized carbons (Fsp3) is 0.167. The van der Waals surface area contributed by atoms with Gasteiger partial charge in [-0.3, -0.25) is 15.5 Å². The van der Waals surface area contributed by atoms with E-state index in [1.807, 2.05) is 0 Å². The van der Waals surface area contributed by atoms with Gasteiger partial charge in [0.25, 0.3) is 5.69 Å². The molecule has 1 atom stereocenters. The Kier molecular flexibility index (Phi) is 4.46. The summed E-state index contributed by atoms with van der Waals surface area (Å²) in [6.45, 7) is -0.286. The van der Waals surface area contributed by atoms with Crippen LogP contribution in [0.15, 0.2) is 47.3 Å². The third-order valence-corrected chi connectivity index (χ3v) is 2.57. The summed E-state index contributed by atoms with van der Waals surface area (Å²) < 4.78 is 4.91. The van der Waals surface area contributed by atoms with Crippen molar-refractivity contribution in [3.05, 3.63) is 52.3 Å². The molecule has 9 heteroatoms. The molecule has 2 rings (SSSR count). The third-order valence-electron chi connectivity index (χ3n) is 2.57. The van der Waals surface area contributed by atoms with Gasteiger partial charge in [-0.15, -0.1) is 0 Å². The third kappa shape index (κ3) is 3.76. The summed E-state index contributed by atoms with van der Waals surface area (Å²) in [4.78, 5) is 13.7. The number of aliphatic hydroxyl groups is 2. The molecule has 21 heavy (non-hydrogen) atoms. The Bertz CT molecular complexity index is 609. The van der Waals surface area contributed by atoms with Crippen molar-refractivity contribution >= 4 is 17.7 Å². The zero-order valence-electron chi connectivity index (χ0n) is 10.7. The minimum atomic E-state index is -0.549. The lowest BCUT2D eigenvalue weighted by Gasteiger charge is -2.14. The molecule has 0 saturated carbocycles. The van der Waals surface area contributed by atoms with Crippen LogP contribution in [0.3, 0.4) is 0 Å². The maximum absolute atomic E-state index is 10.5. The first kappa shape index (κ1) is 14.5. The molecule has 9 nitrogen and oxygen atoms in total. The molecule has 1 aromatic rings. The minimum absolute atomic E-state index is 0.0607. The summed E-state index contributed by atoms with van der Waals surface area (Å²) in [7, 11) is 0. The first-order valence-electron chi connectivity index (χ1n) is 5.87. The molecule has 0 amide bonds. The van der Waals surface area contributed by atoms with Gasteiger partial charge in [-0.25, -0.2) is 4.98 Å². The Labute approximate surface area is 119 Å². The molecule has 0 aliphatic carbocycles. The van der Waals surface area contributed by atoms with Crippen LogP contribution in [-0.2, 0) is 4.74 Å². The lowest BCUT2D eigenvalue weighted by molar-refractivity contribution is -0.385. The highest BCUT2D eigenvalue weighted by molar-refractivity contribution is 5.68. The molecule has 0 radical (unpaired) electrons. The fourth-order valence-electron chi connectivity index (χ4n) is 1.49. The maximum atomic E-state index is 10.5. The van der Waals surface area contributed by atoms with Crippen LogP contribution in [0.4, 0.5) is 11.5 Å². The number of rotatable bonds is 5. The lowest BCUT2D eigenvalue weighted by Crippen LogP contribution is -2.11. The van der Waals surface area contributed by atoms with Gasteiger partial charge in [0.15, 0.2) is 0 Å². The SMILES string of the molecule is O=[N+]([O-])c1ccc(N/N=C/C2C=C(CO)OC=C2O)nc1. The topological polar surface area (TPSA) is 130 Å². The van der Waals surface area contributed by atoms with Crippen LogP contribution in [0.5, 0.6) is 0 Å². The number of hydrogen-bond acceptors (Lipinski definition) is 8. The van der Waals surface area contributed by atoms with Gasteiger partial charge >= 0.3 is 0 Å². The molecule has 0 aromatic carbocycles. The Morgan fingerprint density at radius 1 is 1.57 bits per heavy atom. The number of anilines is 1. The van der Waals surface area contributed by atoms with E-state index in [2.05, 4.69) is 15.5 Å². The van der Waals surface area contributed by atoms with Crippen molar-refractivity contribution in [2.24, 2.45) is 11.0 Å². The van der Waals surface area contributed by atoms with Gasteiger partial charge in [-0.1, -0.05) is 0 Å². The van der Waals surface area contributed by atoms with Gasteiger partial charge in [0, 0.05) is 12.3 Å². The van der Waals surface area contributed by atoms with Gasteiger partial charge in [-0.05, 0) is 12.1 Å². The molecule has 0 fully saturated rings. The average Bonchev–Trinajstić information content (AvgIpc) is 2.49. The molecule has 0 bridgehead atoms. The second-order valence-electron chi connectivity index (χ2n) is 4.03. The van der Waals surface area contributed by atoms with E-state index < -0.39 is 10.8 Å². The van der Waals surface area contributed by atoms with Crippen molar-refractivity contribution in [3.8, 4) is 0 Å². The Balaban J connectivity index is 1.98. The second kappa shape index (κ2) is 6.48. The van der Waals surface area contributed by atoms with E-state index in [1.165, 1.54) is 24.4 Å². The maximum Gasteiger partial charge on any atom is 0.287 e. The molecule has 3 N–H and O–H groups in total. The normalized spacial score (nSPS) is 17.9. The highest BCUT2D eigenvalue weighted by Crippen LogP contribution is 2.18. The number of nitrogens with zero attached hydrogens (tertiary/aromatic N) is 3. The van der Waals surface area contributed by atoms with Crippen LogP contribution in [0.2, 0.25) is 0 Å². The molecule has 1 aliphatic heterocycles. The molecule has 1 unspecified atom stereocenters. The largest absolute Gasteiger partial charge is 0.508 e. The zero-order chi connectivity index (χ0) is 15.2.